The van der Waals surface area contributed by atoms with Gasteiger partial charge in [0.15, 0.2) is 0 Å². The Labute approximate surface area is 128 Å². The molecule has 0 saturated heterocycles. The van der Waals surface area contributed by atoms with Crippen LogP contribution in [-0.2, 0) is 14.8 Å². The van der Waals surface area contributed by atoms with Crippen LogP contribution in [0.1, 0.15) is 26.2 Å². The lowest BCUT2D eigenvalue weighted by atomic mass is 10.4. The average molecular weight is 328 g/mol. The van der Waals surface area contributed by atoms with Crippen LogP contribution in [0.3, 0.4) is 0 Å². The molecule has 0 bridgehead atoms. The van der Waals surface area contributed by atoms with Crippen LogP contribution in [0.25, 0.3) is 0 Å². The van der Waals surface area contributed by atoms with Crippen LogP contribution in [0.2, 0.25) is 0 Å². The van der Waals surface area contributed by atoms with Crippen molar-refractivity contribution >= 4 is 28.3 Å². The molecule has 0 aromatic carbocycles. The average Bonchev–Trinajstić information content (AvgIpc) is 3.11. The maximum Gasteiger partial charge on any atom is 0.233 e. The highest BCUT2D eigenvalue weighted by Crippen LogP contribution is 2.27. The molecule has 0 aromatic heterocycles. The van der Waals surface area contributed by atoms with Crippen LogP contribution < -0.4 is 10.6 Å². The summed E-state index contributed by atoms with van der Waals surface area (Å²) in [5.41, 5.74) is 0. The number of halogens is 1. The largest absolute Gasteiger partial charge is 0.355 e. The van der Waals surface area contributed by atoms with Gasteiger partial charge in [0.2, 0.25) is 15.9 Å². The summed E-state index contributed by atoms with van der Waals surface area (Å²) >= 11 is 0. The molecule has 8 heteroatoms. The van der Waals surface area contributed by atoms with Crippen LogP contribution in [-0.4, -0.2) is 57.6 Å². The summed E-state index contributed by atoms with van der Waals surface area (Å²) in [6.45, 7) is 4.50. The van der Waals surface area contributed by atoms with Crippen molar-refractivity contribution in [2.24, 2.45) is 5.92 Å². The summed E-state index contributed by atoms with van der Waals surface area (Å²) in [7, 11) is -3.12. The molecule has 1 amide bonds. The molecular weight excluding hydrogens is 302 g/mol. The molecule has 0 spiro atoms. The van der Waals surface area contributed by atoms with Gasteiger partial charge in [-0.2, -0.15) is 0 Å². The molecule has 0 aromatic rings. The Balaban J connectivity index is 0.00000361. The van der Waals surface area contributed by atoms with E-state index in [-0.39, 0.29) is 18.3 Å². The van der Waals surface area contributed by atoms with E-state index in [9.17, 15) is 13.2 Å². The number of rotatable bonds is 10. The van der Waals surface area contributed by atoms with E-state index in [2.05, 4.69) is 10.6 Å². The van der Waals surface area contributed by atoms with E-state index < -0.39 is 10.0 Å². The lowest BCUT2D eigenvalue weighted by Gasteiger charge is -2.17. The normalized spacial score (nSPS) is 14.9. The van der Waals surface area contributed by atoms with E-state index in [1.165, 1.54) is 23.4 Å². The fourth-order valence-electron chi connectivity index (χ4n) is 1.82. The summed E-state index contributed by atoms with van der Waals surface area (Å²) in [5, 5.41) is 5.90. The lowest BCUT2D eigenvalue weighted by Crippen LogP contribution is -2.37. The van der Waals surface area contributed by atoms with Crippen molar-refractivity contribution < 1.29 is 13.2 Å². The van der Waals surface area contributed by atoms with Gasteiger partial charge >= 0.3 is 0 Å². The highest BCUT2D eigenvalue weighted by Gasteiger charge is 2.20. The Hall–Kier alpha value is -0.370. The second kappa shape index (κ2) is 9.55. The molecule has 120 valence electrons. The molecule has 0 radical (unpaired) electrons. The number of carbonyl (C=O) groups is 1. The van der Waals surface area contributed by atoms with Gasteiger partial charge in [0.05, 0.1) is 12.8 Å². The van der Waals surface area contributed by atoms with Gasteiger partial charge in [0.1, 0.15) is 0 Å². The zero-order valence-electron chi connectivity index (χ0n) is 12.2. The van der Waals surface area contributed by atoms with E-state index in [4.69, 9.17) is 0 Å². The molecular formula is C12H26ClN3O3S. The number of amides is 1. The predicted molar refractivity (Wildman–Crippen MR) is 82.6 cm³/mol. The minimum absolute atomic E-state index is 0. The standard InChI is InChI=1S/C12H25N3O3S.ClH/c1-3-15(19(2,17)18)8-4-7-14-12(16)10-13-9-11-5-6-11;/h11,13H,3-10H2,1-2H3,(H,14,16);1H. The molecule has 0 aliphatic heterocycles. The summed E-state index contributed by atoms with van der Waals surface area (Å²) < 4.78 is 24.1. The van der Waals surface area contributed by atoms with Gasteiger partial charge in [-0.3, -0.25) is 4.79 Å². The maximum absolute atomic E-state index is 11.5. The third kappa shape index (κ3) is 8.73. The Bertz CT molecular complexity index is 385. The second-order valence-corrected chi connectivity index (χ2v) is 7.01. The smallest absolute Gasteiger partial charge is 0.233 e. The minimum atomic E-state index is -3.12. The third-order valence-electron chi connectivity index (χ3n) is 3.14. The molecule has 1 rings (SSSR count). The van der Waals surface area contributed by atoms with Gasteiger partial charge in [0.25, 0.3) is 0 Å². The van der Waals surface area contributed by atoms with E-state index >= 15 is 0 Å². The molecule has 1 aliphatic carbocycles. The lowest BCUT2D eigenvalue weighted by molar-refractivity contribution is -0.120. The van der Waals surface area contributed by atoms with Crippen molar-refractivity contribution in [1.82, 2.24) is 14.9 Å². The molecule has 2 N–H and O–H groups in total. The summed E-state index contributed by atoms with van der Waals surface area (Å²) in [4.78, 5) is 11.5. The summed E-state index contributed by atoms with van der Waals surface area (Å²) in [6.07, 6.45) is 4.38. The van der Waals surface area contributed by atoms with Crippen molar-refractivity contribution in [1.29, 1.82) is 0 Å². The molecule has 6 nitrogen and oxygen atoms in total. The number of carbonyl (C=O) groups excluding carboxylic acids is 1. The maximum atomic E-state index is 11.5. The van der Waals surface area contributed by atoms with Gasteiger partial charge < -0.3 is 10.6 Å². The highest BCUT2D eigenvalue weighted by atomic mass is 35.5. The Morgan fingerprint density at radius 1 is 1.35 bits per heavy atom. The molecule has 0 heterocycles. The fraction of sp³-hybridized carbons (Fsp3) is 0.917. The summed E-state index contributed by atoms with van der Waals surface area (Å²) in [6, 6.07) is 0. The second-order valence-electron chi connectivity index (χ2n) is 5.03. The number of sulfonamides is 1. The quantitative estimate of drug-likeness (QED) is 0.562. The van der Waals surface area contributed by atoms with Crippen molar-refractivity contribution in [3.8, 4) is 0 Å². The van der Waals surface area contributed by atoms with Crippen LogP contribution in [0.4, 0.5) is 0 Å². The first kappa shape index (κ1) is 19.6. The number of nitrogens with zero attached hydrogens (tertiary/aromatic N) is 1. The van der Waals surface area contributed by atoms with E-state index in [0.29, 0.717) is 32.6 Å². The number of nitrogens with one attached hydrogen (secondary N) is 2. The van der Waals surface area contributed by atoms with Crippen LogP contribution in [0.5, 0.6) is 0 Å². The first-order chi connectivity index (χ1) is 8.93. The zero-order valence-corrected chi connectivity index (χ0v) is 13.9. The van der Waals surface area contributed by atoms with Gasteiger partial charge in [0, 0.05) is 19.6 Å². The van der Waals surface area contributed by atoms with Crippen LogP contribution in [0, 0.1) is 5.92 Å². The van der Waals surface area contributed by atoms with Crippen molar-refractivity contribution in [2.75, 3.05) is 39.0 Å². The molecule has 20 heavy (non-hydrogen) atoms. The Morgan fingerprint density at radius 3 is 2.50 bits per heavy atom. The van der Waals surface area contributed by atoms with Gasteiger partial charge in [-0.05, 0) is 31.7 Å². The van der Waals surface area contributed by atoms with E-state index in [1.807, 2.05) is 0 Å². The fourth-order valence-corrected chi connectivity index (χ4v) is 2.75. The number of hydrogen-bond donors (Lipinski definition) is 2. The van der Waals surface area contributed by atoms with Gasteiger partial charge in [-0.25, -0.2) is 12.7 Å². The topological polar surface area (TPSA) is 78.5 Å². The van der Waals surface area contributed by atoms with Crippen molar-refractivity contribution in [2.45, 2.75) is 26.2 Å². The van der Waals surface area contributed by atoms with E-state index in [1.54, 1.807) is 6.92 Å². The zero-order chi connectivity index (χ0) is 14.3. The predicted octanol–water partition coefficient (Wildman–Crippen LogP) is 0.196. The molecule has 0 unspecified atom stereocenters. The Kier molecular flexibility index (Phi) is 9.37. The Morgan fingerprint density at radius 2 is 2.00 bits per heavy atom. The monoisotopic (exact) mass is 327 g/mol. The summed E-state index contributed by atoms with van der Waals surface area (Å²) in [5.74, 6) is 0.740. The molecule has 0 atom stereocenters. The molecule has 1 aliphatic rings. The van der Waals surface area contributed by atoms with Crippen molar-refractivity contribution in [3.63, 3.8) is 0 Å². The van der Waals surface area contributed by atoms with E-state index in [0.717, 1.165) is 12.5 Å². The van der Waals surface area contributed by atoms with Gasteiger partial charge in [-0.1, -0.05) is 6.92 Å². The number of hydrogen-bond acceptors (Lipinski definition) is 4. The molecule has 1 fully saturated rings. The van der Waals surface area contributed by atoms with Gasteiger partial charge in [-0.15, -0.1) is 12.4 Å². The third-order valence-corrected chi connectivity index (χ3v) is 4.52. The van der Waals surface area contributed by atoms with Crippen LogP contribution >= 0.6 is 12.4 Å². The first-order valence-electron chi connectivity index (χ1n) is 6.86. The minimum Gasteiger partial charge on any atom is -0.355 e. The van der Waals surface area contributed by atoms with Crippen LogP contribution in [0.15, 0.2) is 0 Å². The highest BCUT2D eigenvalue weighted by molar-refractivity contribution is 7.88. The molecule has 1 saturated carbocycles. The first-order valence-corrected chi connectivity index (χ1v) is 8.71. The SMILES string of the molecule is CCN(CCCNC(=O)CNCC1CC1)S(C)(=O)=O.Cl. The van der Waals surface area contributed by atoms with Crippen molar-refractivity contribution in [3.05, 3.63) is 0 Å².